The molecule has 2 aromatic carbocycles. The van der Waals surface area contributed by atoms with Crippen molar-refractivity contribution in [2.45, 2.75) is 35.7 Å². The summed E-state index contributed by atoms with van der Waals surface area (Å²) in [6, 6.07) is 8.04. The Hall–Kier alpha value is -7.05. The normalized spacial score (nSPS) is 13.7. The van der Waals surface area contributed by atoms with Crippen molar-refractivity contribution >= 4 is 66.5 Å². The van der Waals surface area contributed by atoms with Gasteiger partial charge in [0, 0.05) is 68.4 Å². The molecule has 0 aliphatic carbocycles. The third-order valence-corrected chi connectivity index (χ3v) is 11.7. The number of imidazole rings is 1. The van der Waals surface area contributed by atoms with Gasteiger partial charge in [-0.15, -0.1) is 0 Å². The van der Waals surface area contributed by atoms with Crippen LogP contribution in [0.4, 0.5) is 20.3 Å². The zero-order valence-electron chi connectivity index (χ0n) is 31.4. The zero-order valence-corrected chi connectivity index (χ0v) is 33.0. The fourth-order valence-electron chi connectivity index (χ4n) is 5.62. The molecule has 0 amide bonds. The lowest BCUT2D eigenvalue weighted by molar-refractivity contribution is -0.134. The van der Waals surface area contributed by atoms with E-state index < -0.39 is 55.6 Å². The molecule has 0 atom stereocenters. The van der Waals surface area contributed by atoms with E-state index in [1.165, 1.54) is 29.0 Å². The van der Waals surface area contributed by atoms with Gasteiger partial charge in [0.05, 0.1) is 16.0 Å². The number of fused-ring (bicyclic) bond motifs is 1. The molecule has 6 rings (SSSR count). The smallest absolute Gasteiger partial charge is 0.328 e. The lowest BCUT2D eigenvalue weighted by Gasteiger charge is -2.31. The largest absolute Gasteiger partial charge is 0.478 e. The van der Waals surface area contributed by atoms with Gasteiger partial charge in [-0.3, -0.25) is 4.72 Å². The molecule has 0 radical (unpaired) electrons. The number of carbonyl (C=O) groups is 4. The average molecular weight is 875 g/mol. The average Bonchev–Trinajstić information content (AvgIpc) is 3.75. The van der Waals surface area contributed by atoms with Crippen molar-refractivity contribution in [2.24, 2.45) is 7.05 Å². The predicted molar refractivity (Wildman–Crippen MR) is 208 cm³/mol. The van der Waals surface area contributed by atoms with Crippen LogP contribution in [0.2, 0.25) is 0 Å². The fraction of sp³-hybridized carbons (Fsp3) is 0.194. The minimum absolute atomic E-state index is 0.00981. The van der Waals surface area contributed by atoms with Gasteiger partial charge in [0.25, 0.3) is 20.0 Å². The molecule has 1 aliphatic rings. The van der Waals surface area contributed by atoms with E-state index in [2.05, 4.69) is 19.7 Å². The standard InChI is InChI=1S/C28H28F2N8O4S2.2C4H4O4/c1-17-34-25(15-36(17)2)44(41,42)37-11-9-20(10-12-37)38-14-22(26-27(31)32-16-33-28(26)38)18-3-8-24(23(30)13-18)35-43(39,40)21-6-4-19(29)5-7-21;2*5-3(6)1-2-4(7)8/h3-8,13-16,20,35H,9-12H2,1-2H3,(H2,31,32,33);2*1-2H,(H,5,6)(H,7,8)/b;2*2-1-. The van der Waals surface area contributed by atoms with E-state index in [1.54, 1.807) is 30.8 Å². The van der Waals surface area contributed by atoms with E-state index in [0.717, 1.165) is 24.3 Å². The van der Waals surface area contributed by atoms with Crippen molar-refractivity contribution in [3.05, 3.63) is 103 Å². The van der Waals surface area contributed by atoms with Gasteiger partial charge >= 0.3 is 23.9 Å². The first-order valence-corrected chi connectivity index (χ1v) is 20.0. The van der Waals surface area contributed by atoms with Crippen LogP contribution in [0.1, 0.15) is 24.7 Å². The highest BCUT2D eigenvalue weighted by Gasteiger charge is 2.33. The molecule has 0 unspecified atom stereocenters. The summed E-state index contributed by atoms with van der Waals surface area (Å²) in [5, 5.41) is 31.7. The molecule has 1 aliphatic heterocycles. The third kappa shape index (κ3) is 11.5. The Kier molecular flexibility index (Phi) is 14.6. The number of rotatable bonds is 11. The summed E-state index contributed by atoms with van der Waals surface area (Å²) in [6.07, 6.45) is 7.81. The predicted octanol–water partition coefficient (Wildman–Crippen LogP) is 3.25. The fourth-order valence-corrected chi connectivity index (χ4v) is 8.18. The van der Waals surface area contributed by atoms with E-state index in [-0.39, 0.29) is 40.6 Å². The molecule has 5 aromatic rings. The van der Waals surface area contributed by atoms with Gasteiger partial charge in [-0.25, -0.2) is 59.7 Å². The lowest BCUT2D eigenvalue weighted by Crippen LogP contribution is -2.39. The van der Waals surface area contributed by atoms with Crippen LogP contribution in [0.3, 0.4) is 0 Å². The number of aryl methyl sites for hydroxylation is 2. The molecular weight excluding hydrogens is 839 g/mol. The van der Waals surface area contributed by atoms with Crippen LogP contribution >= 0.6 is 0 Å². The first kappa shape index (κ1) is 45.6. The number of carboxylic acid groups (broad SMARTS) is 4. The molecule has 20 nitrogen and oxygen atoms in total. The summed E-state index contributed by atoms with van der Waals surface area (Å²) in [6.45, 7) is 2.25. The molecule has 7 N–H and O–H groups in total. The number of halogens is 2. The maximum Gasteiger partial charge on any atom is 0.328 e. The number of nitrogen functional groups attached to an aromatic ring is 1. The van der Waals surface area contributed by atoms with Crippen molar-refractivity contribution in [1.29, 1.82) is 0 Å². The molecule has 1 fully saturated rings. The number of nitrogens with two attached hydrogens (primary N) is 1. The number of piperidine rings is 1. The molecule has 4 heterocycles. The number of hydrogen-bond donors (Lipinski definition) is 6. The van der Waals surface area contributed by atoms with Crippen LogP contribution < -0.4 is 10.5 Å². The Morgan fingerprint density at radius 3 is 1.87 bits per heavy atom. The van der Waals surface area contributed by atoms with Gasteiger partial charge in [-0.1, -0.05) is 6.07 Å². The Morgan fingerprint density at radius 2 is 1.38 bits per heavy atom. The van der Waals surface area contributed by atoms with Gasteiger partial charge in [-0.2, -0.15) is 4.31 Å². The number of nitrogens with one attached hydrogen (secondary N) is 1. The number of aromatic nitrogens is 5. The Bertz CT molecular complexity index is 2620. The van der Waals surface area contributed by atoms with Gasteiger partial charge in [-0.05, 0) is 61.7 Å². The van der Waals surface area contributed by atoms with Crippen LogP contribution in [0.15, 0.2) is 95.4 Å². The van der Waals surface area contributed by atoms with E-state index in [1.807, 2.05) is 4.57 Å². The molecule has 318 valence electrons. The number of nitrogens with zero attached hydrogens (tertiary/aromatic N) is 6. The van der Waals surface area contributed by atoms with Crippen LogP contribution in [-0.4, -0.2) is 103 Å². The van der Waals surface area contributed by atoms with Crippen LogP contribution in [0, 0.1) is 18.6 Å². The highest BCUT2D eigenvalue weighted by molar-refractivity contribution is 7.92. The zero-order chi connectivity index (χ0) is 44.5. The number of carboxylic acids is 4. The summed E-state index contributed by atoms with van der Waals surface area (Å²) in [4.78, 5) is 50.7. The second-order valence-electron chi connectivity index (χ2n) is 12.6. The van der Waals surface area contributed by atoms with Crippen LogP contribution in [-0.2, 0) is 46.3 Å². The van der Waals surface area contributed by atoms with Crippen molar-refractivity contribution in [3.63, 3.8) is 0 Å². The molecule has 0 bridgehead atoms. The van der Waals surface area contributed by atoms with Crippen molar-refractivity contribution in [2.75, 3.05) is 23.5 Å². The summed E-state index contributed by atoms with van der Waals surface area (Å²) >= 11 is 0. The van der Waals surface area contributed by atoms with E-state index in [0.29, 0.717) is 65.1 Å². The highest BCUT2D eigenvalue weighted by Crippen LogP contribution is 2.38. The maximum atomic E-state index is 15.3. The van der Waals surface area contributed by atoms with Gasteiger partial charge in [0.1, 0.15) is 35.3 Å². The summed E-state index contributed by atoms with van der Waals surface area (Å²) in [5.41, 5.74) is 7.41. The monoisotopic (exact) mass is 874 g/mol. The van der Waals surface area contributed by atoms with Crippen molar-refractivity contribution in [3.8, 4) is 11.1 Å². The van der Waals surface area contributed by atoms with Crippen LogP contribution in [0.25, 0.3) is 22.2 Å². The van der Waals surface area contributed by atoms with E-state index in [4.69, 9.17) is 26.2 Å². The summed E-state index contributed by atoms with van der Waals surface area (Å²) in [5.74, 6) is -5.70. The molecule has 3 aromatic heterocycles. The first-order chi connectivity index (χ1) is 28.1. The molecule has 0 spiro atoms. The van der Waals surface area contributed by atoms with Gasteiger partial charge in [0.15, 0.2) is 5.03 Å². The minimum atomic E-state index is -4.17. The van der Waals surface area contributed by atoms with Crippen LogP contribution in [0.5, 0.6) is 0 Å². The van der Waals surface area contributed by atoms with E-state index in [9.17, 15) is 40.4 Å². The summed E-state index contributed by atoms with van der Waals surface area (Å²) < 4.78 is 87.6. The van der Waals surface area contributed by atoms with Gasteiger partial charge in [0.2, 0.25) is 0 Å². The Labute approximate surface area is 339 Å². The molecular formula is C36H36F2N8O12S2. The Balaban J connectivity index is 0.000000420. The van der Waals surface area contributed by atoms with Gasteiger partial charge < -0.3 is 35.3 Å². The molecule has 24 heteroatoms. The molecule has 0 saturated carbocycles. The Morgan fingerprint density at radius 1 is 0.833 bits per heavy atom. The number of aliphatic carboxylic acids is 4. The number of hydrogen-bond acceptors (Lipinski definition) is 12. The number of sulfonamides is 2. The highest BCUT2D eigenvalue weighted by atomic mass is 32.2. The molecule has 1 saturated heterocycles. The third-order valence-electron chi connectivity index (χ3n) is 8.53. The lowest BCUT2D eigenvalue weighted by atomic mass is 10.1. The topological polar surface area (TPSA) is 307 Å². The SMILES string of the molecule is Cc1nc(S(=O)(=O)N2CCC(n3cc(-c4ccc(NS(=O)(=O)c5ccc(F)cc5)c(F)c4)c4c(N)ncnc43)CC2)cn1C.O=C(O)/C=C\C(=O)O.O=C(O)/C=C\C(=O)O. The summed E-state index contributed by atoms with van der Waals surface area (Å²) in [7, 11) is -6.19. The number of benzene rings is 2. The second-order valence-corrected chi connectivity index (χ2v) is 16.1. The van der Waals surface area contributed by atoms with Crippen molar-refractivity contribution < 1.29 is 65.2 Å². The minimum Gasteiger partial charge on any atom is -0.478 e. The second kappa shape index (κ2) is 19.1. The maximum absolute atomic E-state index is 15.3. The van der Waals surface area contributed by atoms with E-state index >= 15 is 4.39 Å². The number of anilines is 2. The van der Waals surface area contributed by atoms with Crippen molar-refractivity contribution in [1.82, 2.24) is 28.4 Å². The quantitative estimate of drug-likeness (QED) is 0.104. The first-order valence-electron chi connectivity index (χ1n) is 17.1. The molecule has 60 heavy (non-hydrogen) atoms.